The molecule has 1 saturated heterocycles. The van der Waals surface area contributed by atoms with Crippen LogP contribution in [0.3, 0.4) is 0 Å². The second-order valence-corrected chi connectivity index (χ2v) is 6.40. The van der Waals surface area contributed by atoms with Gasteiger partial charge in [0.2, 0.25) is 0 Å². The number of hydrogen-bond donors (Lipinski definition) is 1. The third kappa shape index (κ3) is 2.66. The predicted molar refractivity (Wildman–Crippen MR) is 85.0 cm³/mol. The van der Waals surface area contributed by atoms with Crippen LogP contribution in [0.1, 0.15) is 57.1 Å². The average molecular weight is 317 g/mol. The number of amides is 3. The van der Waals surface area contributed by atoms with Crippen molar-refractivity contribution in [2.24, 2.45) is 0 Å². The minimum atomic E-state index is -0.706. The van der Waals surface area contributed by atoms with Crippen LogP contribution in [-0.4, -0.2) is 34.5 Å². The molecule has 1 unspecified atom stereocenters. The summed E-state index contributed by atoms with van der Waals surface area (Å²) in [6.07, 6.45) is 8.92. The molecule has 0 bridgehead atoms. The first-order valence-electron chi connectivity index (χ1n) is 8.23. The minimum absolute atomic E-state index is 0.101. The number of rotatable bonds is 3. The number of urea groups is 1. The fourth-order valence-electron chi connectivity index (χ4n) is 3.71. The molecule has 1 spiro atoms. The first-order valence-corrected chi connectivity index (χ1v) is 8.23. The first kappa shape index (κ1) is 15.8. The van der Waals surface area contributed by atoms with E-state index in [0.29, 0.717) is 5.75 Å². The van der Waals surface area contributed by atoms with Crippen LogP contribution in [0.5, 0.6) is 5.75 Å². The largest absolute Gasteiger partial charge is 0.495 e. The normalized spacial score (nSPS) is 21.9. The maximum atomic E-state index is 13.0. The minimum Gasteiger partial charge on any atom is -0.495 e. The van der Waals surface area contributed by atoms with E-state index in [9.17, 15) is 9.59 Å². The van der Waals surface area contributed by atoms with Crippen LogP contribution in [-0.2, 0) is 4.79 Å². The molecule has 1 atom stereocenters. The van der Waals surface area contributed by atoms with E-state index in [1.807, 2.05) is 6.92 Å². The Balaban J connectivity index is 1.90. The molecule has 1 aromatic heterocycles. The number of carbonyl (C=O) groups is 2. The van der Waals surface area contributed by atoms with Gasteiger partial charge in [0, 0.05) is 11.8 Å². The number of hydrogen-bond acceptors (Lipinski definition) is 4. The summed E-state index contributed by atoms with van der Waals surface area (Å²) in [5.74, 6) is 0.484. The highest BCUT2D eigenvalue weighted by atomic mass is 16.5. The SMILES string of the molecule is COc1cnccc1C(C)N1C(=O)NC2(CCCCCC2)C1=O. The Morgan fingerprint density at radius 3 is 2.61 bits per heavy atom. The lowest BCUT2D eigenvalue weighted by atomic mass is 9.90. The van der Waals surface area contributed by atoms with Gasteiger partial charge in [-0.1, -0.05) is 25.7 Å². The molecule has 1 aliphatic heterocycles. The molecule has 3 rings (SSSR count). The summed E-state index contributed by atoms with van der Waals surface area (Å²) < 4.78 is 5.32. The van der Waals surface area contributed by atoms with E-state index >= 15 is 0 Å². The average Bonchev–Trinajstić information content (AvgIpc) is 2.72. The Bertz CT molecular complexity index is 609. The van der Waals surface area contributed by atoms with Gasteiger partial charge in [-0.05, 0) is 25.8 Å². The molecule has 3 amide bonds. The number of carbonyl (C=O) groups excluding carboxylic acids is 2. The molecule has 1 saturated carbocycles. The first-order chi connectivity index (χ1) is 11.1. The van der Waals surface area contributed by atoms with Gasteiger partial charge in [0.1, 0.15) is 11.3 Å². The second-order valence-electron chi connectivity index (χ2n) is 6.40. The number of ether oxygens (including phenoxy) is 1. The summed E-state index contributed by atoms with van der Waals surface area (Å²) >= 11 is 0. The molecule has 6 nitrogen and oxygen atoms in total. The Kier molecular flexibility index (Phi) is 4.24. The molecule has 1 aromatic rings. The van der Waals surface area contributed by atoms with E-state index in [1.54, 1.807) is 25.6 Å². The number of nitrogens with one attached hydrogen (secondary N) is 1. The topological polar surface area (TPSA) is 71.5 Å². The van der Waals surface area contributed by atoms with Gasteiger partial charge in [-0.25, -0.2) is 4.79 Å². The highest BCUT2D eigenvalue weighted by Crippen LogP contribution is 2.37. The van der Waals surface area contributed by atoms with Gasteiger partial charge < -0.3 is 10.1 Å². The smallest absolute Gasteiger partial charge is 0.325 e. The van der Waals surface area contributed by atoms with Crippen LogP contribution in [0.15, 0.2) is 18.5 Å². The van der Waals surface area contributed by atoms with E-state index < -0.39 is 5.54 Å². The predicted octanol–water partition coefficient (Wildman–Crippen LogP) is 2.80. The van der Waals surface area contributed by atoms with E-state index in [-0.39, 0.29) is 18.0 Å². The quantitative estimate of drug-likeness (QED) is 0.870. The maximum absolute atomic E-state index is 13.0. The third-order valence-corrected chi connectivity index (χ3v) is 5.02. The zero-order valence-electron chi connectivity index (χ0n) is 13.7. The van der Waals surface area contributed by atoms with E-state index in [1.165, 1.54) is 4.90 Å². The maximum Gasteiger partial charge on any atom is 0.325 e. The summed E-state index contributed by atoms with van der Waals surface area (Å²) in [6, 6.07) is 1.11. The Hall–Kier alpha value is -2.11. The van der Waals surface area contributed by atoms with Gasteiger partial charge in [0.05, 0.1) is 19.3 Å². The van der Waals surface area contributed by atoms with Crippen molar-refractivity contribution in [3.05, 3.63) is 24.0 Å². The summed E-state index contributed by atoms with van der Waals surface area (Å²) in [4.78, 5) is 30.9. The molecule has 0 aromatic carbocycles. The van der Waals surface area contributed by atoms with Gasteiger partial charge in [0.25, 0.3) is 5.91 Å². The van der Waals surface area contributed by atoms with Crippen molar-refractivity contribution in [2.75, 3.05) is 7.11 Å². The van der Waals surface area contributed by atoms with Gasteiger partial charge in [-0.15, -0.1) is 0 Å². The van der Waals surface area contributed by atoms with E-state index in [0.717, 1.165) is 44.1 Å². The van der Waals surface area contributed by atoms with Crippen LogP contribution < -0.4 is 10.1 Å². The zero-order valence-corrected chi connectivity index (χ0v) is 13.7. The zero-order chi connectivity index (χ0) is 16.4. The van der Waals surface area contributed by atoms with Gasteiger partial charge >= 0.3 is 6.03 Å². The highest BCUT2D eigenvalue weighted by Gasteiger charge is 2.52. The Morgan fingerprint density at radius 1 is 1.26 bits per heavy atom. The lowest BCUT2D eigenvalue weighted by Crippen LogP contribution is -2.46. The molecule has 6 heteroatoms. The number of imide groups is 1. The molecule has 1 aliphatic carbocycles. The fourth-order valence-corrected chi connectivity index (χ4v) is 3.71. The lowest BCUT2D eigenvalue weighted by molar-refractivity contribution is -0.133. The summed E-state index contributed by atoms with van der Waals surface area (Å²) in [7, 11) is 1.56. The Labute approximate surface area is 136 Å². The van der Waals surface area contributed by atoms with Crippen LogP contribution in [0, 0.1) is 0 Å². The van der Waals surface area contributed by atoms with Crippen molar-refractivity contribution in [3.63, 3.8) is 0 Å². The number of pyridine rings is 1. The van der Waals surface area contributed by atoms with Crippen LogP contribution in [0.25, 0.3) is 0 Å². The van der Waals surface area contributed by atoms with Gasteiger partial charge in [-0.3, -0.25) is 14.7 Å². The second kappa shape index (κ2) is 6.18. The summed E-state index contributed by atoms with van der Waals surface area (Å²) in [6.45, 7) is 1.85. The van der Waals surface area contributed by atoms with E-state index in [4.69, 9.17) is 4.74 Å². The van der Waals surface area contributed by atoms with Crippen molar-refractivity contribution in [1.82, 2.24) is 15.2 Å². The van der Waals surface area contributed by atoms with Crippen LogP contribution in [0.4, 0.5) is 4.79 Å². The lowest BCUT2D eigenvalue weighted by Gasteiger charge is -2.27. The highest BCUT2D eigenvalue weighted by molar-refractivity contribution is 6.07. The van der Waals surface area contributed by atoms with Crippen LogP contribution >= 0.6 is 0 Å². The summed E-state index contributed by atoms with van der Waals surface area (Å²) in [5, 5.41) is 2.98. The molecular formula is C17H23N3O3. The number of aromatic nitrogens is 1. The fraction of sp³-hybridized carbons (Fsp3) is 0.588. The summed E-state index contributed by atoms with van der Waals surface area (Å²) in [5.41, 5.74) is 0.0823. The Morgan fingerprint density at radius 2 is 1.96 bits per heavy atom. The molecule has 2 fully saturated rings. The molecule has 1 N–H and O–H groups in total. The van der Waals surface area contributed by atoms with Crippen molar-refractivity contribution in [1.29, 1.82) is 0 Å². The van der Waals surface area contributed by atoms with Gasteiger partial charge in [0.15, 0.2) is 0 Å². The van der Waals surface area contributed by atoms with Crippen molar-refractivity contribution in [2.45, 2.75) is 57.0 Å². The van der Waals surface area contributed by atoms with E-state index in [2.05, 4.69) is 10.3 Å². The van der Waals surface area contributed by atoms with Crippen molar-refractivity contribution in [3.8, 4) is 5.75 Å². The van der Waals surface area contributed by atoms with Crippen LogP contribution in [0.2, 0.25) is 0 Å². The standard InChI is InChI=1S/C17H23N3O3/c1-12(13-7-10-18-11-14(13)23-2)20-15(21)17(19-16(20)22)8-5-3-4-6-9-17/h7,10-12H,3-6,8-9H2,1-2H3,(H,19,22). The molecule has 2 aliphatic rings. The monoisotopic (exact) mass is 317 g/mol. The van der Waals surface area contributed by atoms with Gasteiger partial charge in [-0.2, -0.15) is 0 Å². The molecule has 23 heavy (non-hydrogen) atoms. The van der Waals surface area contributed by atoms with Crippen molar-refractivity contribution >= 4 is 11.9 Å². The molecule has 124 valence electrons. The molecule has 0 radical (unpaired) electrons. The third-order valence-electron chi connectivity index (χ3n) is 5.02. The molecule has 2 heterocycles. The van der Waals surface area contributed by atoms with Crippen molar-refractivity contribution < 1.29 is 14.3 Å². The number of methoxy groups -OCH3 is 1. The number of nitrogens with zero attached hydrogens (tertiary/aromatic N) is 2. The molecular weight excluding hydrogens is 294 g/mol.